The molecule has 17 heteroatoms. The molecule has 1 aromatic heterocycles. The van der Waals surface area contributed by atoms with Crippen LogP contribution in [0, 0.1) is 0 Å². The highest BCUT2D eigenvalue weighted by Crippen LogP contribution is 2.40. The molecular weight excluding hydrogens is 621 g/mol. The summed E-state index contributed by atoms with van der Waals surface area (Å²) in [5, 5.41) is 6.18. The number of aromatic nitrogens is 2. The van der Waals surface area contributed by atoms with E-state index in [2.05, 4.69) is 29.7 Å². The molecule has 0 unspecified atom stereocenters. The molecule has 41 heavy (non-hydrogen) atoms. The van der Waals surface area contributed by atoms with Gasteiger partial charge in [-0.3, -0.25) is 4.79 Å². The van der Waals surface area contributed by atoms with Crippen LogP contribution < -0.4 is 30.6 Å². The van der Waals surface area contributed by atoms with Crippen LogP contribution in [0.2, 0.25) is 0 Å². The Morgan fingerprint density at radius 1 is 1.12 bits per heavy atom. The van der Waals surface area contributed by atoms with E-state index in [0.717, 1.165) is 37.2 Å². The fraction of sp³-hybridized carbons (Fsp3) is 0.292. The molecule has 0 bridgehead atoms. The maximum Gasteiger partial charge on any atom is 0.488 e. The Morgan fingerprint density at radius 2 is 1.83 bits per heavy atom. The van der Waals surface area contributed by atoms with Crippen LogP contribution in [0.1, 0.15) is 21.5 Å². The number of likely N-dealkylation sites (N-methyl/N-ethyl adjacent to an activating group) is 1. The number of primary amides is 1. The van der Waals surface area contributed by atoms with Crippen LogP contribution in [0.25, 0.3) is 0 Å². The summed E-state index contributed by atoms with van der Waals surface area (Å²) >= 11 is 0. The average Bonchev–Trinajstić information content (AvgIpc) is 2.83. The summed E-state index contributed by atoms with van der Waals surface area (Å²) in [6, 6.07) is 7.56. The van der Waals surface area contributed by atoms with E-state index in [4.69, 9.17) is 10.5 Å². The predicted octanol–water partition coefficient (Wildman–Crippen LogP) is 3.74. The number of rotatable bonds is 9. The monoisotopic (exact) mass is 650 g/mol. The van der Waals surface area contributed by atoms with Crippen molar-refractivity contribution in [2.75, 3.05) is 44.7 Å². The molecule has 0 fully saturated rings. The molecule has 0 aliphatic carbocycles. The molecule has 3 aromatic rings. The third-order valence-corrected chi connectivity index (χ3v) is 7.95. The number of amides is 1. The van der Waals surface area contributed by atoms with Gasteiger partial charge >= 0.3 is 10.5 Å². The molecule has 4 rings (SSSR count). The van der Waals surface area contributed by atoms with Gasteiger partial charge in [-0.05, 0) is 68.3 Å². The van der Waals surface area contributed by atoms with Crippen LogP contribution >= 0.6 is 32.0 Å². The minimum absolute atomic E-state index is 0. The number of ether oxygens (including phenoxy) is 1. The van der Waals surface area contributed by atoms with Gasteiger partial charge in [-0.25, -0.2) is 4.98 Å². The van der Waals surface area contributed by atoms with Gasteiger partial charge in [-0.2, -0.15) is 13.4 Å². The highest BCUT2D eigenvalue weighted by atomic mass is 35.5. The quantitative estimate of drug-likeness (QED) is 0.228. The van der Waals surface area contributed by atoms with Gasteiger partial charge in [0.25, 0.3) is 5.91 Å². The molecule has 1 aliphatic rings. The lowest BCUT2D eigenvalue weighted by atomic mass is 9.99. The molecule has 2 heterocycles. The van der Waals surface area contributed by atoms with Crippen LogP contribution in [-0.2, 0) is 28.0 Å². The Balaban J connectivity index is 0.00000294. The molecule has 1 aliphatic heterocycles. The summed E-state index contributed by atoms with van der Waals surface area (Å²) in [6.07, 6.45) is 2.13. The summed E-state index contributed by atoms with van der Waals surface area (Å²) in [7, 11) is -4.77. The summed E-state index contributed by atoms with van der Waals surface area (Å²) < 4.78 is 57.8. The summed E-state index contributed by atoms with van der Waals surface area (Å²) in [5.74, 6) is -0.481. The molecule has 0 atom stereocenters. The van der Waals surface area contributed by atoms with E-state index < -0.39 is 23.6 Å². The van der Waals surface area contributed by atoms with E-state index in [1.165, 1.54) is 31.2 Å². The van der Waals surface area contributed by atoms with Gasteiger partial charge in [0, 0.05) is 24.6 Å². The number of methoxy groups -OCH3 is 1. The van der Waals surface area contributed by atoms with Gasteiger partial charge < -0.3 is 34.8 Å². The smallest absolute Gasteiger partial charge is 0.488 e. The molecule has 0 radical (unpaired) electrons. The minimum atomic E-state index is -5.29. The summed E-state index contributed by atoms with van der Waals surface area (Å²) in [5.41, 5.74) is 8.63. The van der Waals surface area contributed by atoms with Crippen molar-refractivity contribution in [2.24, 2.45) is 5.73 Å². The minimum Gasteiger partial charge on any atom is -0.495 e. The molecule has 224 valence electrons. The standard InChI is InChI=1S/C24H28FN6O6PS.2ClH/c1-31-8-7-14-10-20(36-2)19(9-15(14)13-31)29-24-27-12-17(22(26)32)23(30-24)28-18-6-5-16(37-39(25,34)35)11-21(18)38(3,4)33;;/h5-6,9-12H,7-8,13H2,1-4H3,(H2,26,32)(H2,27,28,29,30);2*1H. The second-order valence-electron chi connectivity index (χ2n) is 9.39. The first-order chi connectivity index (χ1) is 18.2. The molecule has 0 saturated carbocycles. The lowest BCUT2D eigenvalue weighted by Crippen LogP contribution is -2.26. The van der Waals surface area contributed by atoms with Gasteiger partial charge in [-0.15, -0.1) is 24.8 Å². The Hall–Kier alpha value is -3.16. The van der Waals surface area contributed by atoms with Gasteiger partial charge in [0.2, 0.25) is 5.95 Å². The fourth-order valence-electron chi connectivity index (χ4n) is 4.19. The van der Waals surface area contributed by atoms with E-state index in [-0.39, 0.29) is 58.9 Å². The molecule has 1 amide bonds. The highest BCUT2D eigenvalue weighted by molar-refractivity contribution is 7.81. The van der Waals surface area contributed by atoms with Gasteiger partial charge in [-0.1, -0.05) is 3.89 Å². The van der Waals surface area contributed by atoms with Crippen LogP contribution in [-0.4, -0.2) is 63.2 Å². The average molecular weight is 651 g/mol. The fourth-order valence-corrected chi connectivity index (χ4v) is 5.67. The van der Waals surface area contributed by atoms with Gasteiger partial charge in [0.15, 0.2) is 0 Å². The maximum atomic E-state index is 13.1. The second kappa shape index (κ2) is 13.2. The Bertz CT molecular complexity index is 1610. The maximum absolute atomic E-state index is 13.1. The molecular formula is C24H30Cl2FN6O6PS. The molecule has 12 nitrogen and oxygen atoms in total. The third-order valence-electron chi connectivity index (χ3n) is 6.02. The van der Waals surface area contributed by atoms with Crippen LogP contribution in [0.5, 0.6) is 11.5 Å². The zero-order chi connectivity index (χ0) is 28.5. The van der Waals surface area contributed by atoms with E-state index in [0.29, 0.717) is 11.4 Å². The summed E-state index contributed by atoms with van der Waals surface area (Å²) in [6.45, 7) is 4.57. The number of hydrogen-bond acceptors (Lipinski definition) is 11. The number of fused-ring (bicyclic) bond motifs is 1. The highest BCUT2D eigenvalue weighted by Gasteiger charge is 2.23. The number of nitrogens with one attached hydrogen (secondary N) is 2. The molecule has 0 saturated heterocycles. The van der Waals surface area contributed by atoms with E-state index in [9.17, 15) is 21.7 Å². The Morgan fingerprint density at radius 3 is 2.44 bits per heavy atom. The number of carbonyl (C=O) groups is 1. The van der Waals surface area contributed by atoms with Crippen LogP contribution in [0.15, 0.2) is 36.5 Å². The SMILES string of the molecule is COc1cc2c(cc1Nc1ncc(C(N)=O)c(Nc3ccc(OS(=O)(=O)F)cc3P(C)(C)=O)n1)CN(C)CC2.Cl.Cl. The number of carbonyl (C=O) groups excluding carboxylic acids is 1. The van der Waals surface area contributed by atoms with Crippen molar-refractivity contribution < 1.29 is 30.6 Å². The third kappa shape index (κ3) is 8.43. The molecule has 4 N–H and O–H groups in total. The lowest BCUT2D eigenvalue weighted by molar-refractivity contribution is 0.100. The van der Waals surface area contributed by atoms with E-state index in [1.807, 2.05) is 19.2 Å². The lowest BCUT2D eigenvalue weighted by Gasteiger charge is -2.26. The Kier molecular flexibility index (Phi) is 11.0. The van der Waals surface area contributed by atoms with Gasteiger partial charge in [0.1, 0.15) is 30.0 Å². The number of nitrogens with two attached hydrogens (primary N) is 1. The summed E-state index contributed by atoms with van der Waals surface area (Å²) in [4.78, 5) is 23.0. The van der Waals surface area contributed by atoms with Gasteiger partial charge in [0.05, 0.1) is 18.5 Å². The van der Waals surface area contributed by atoms with Crippen molar-refractivity contribution in [1.82, 2.24) is 14.9 Å². The van der Waals surface area contributed by atoms with Crippen LogP contribution in [0.3, 0.4) is 0 Å². The van der Waals surface area contributed by atoms with Crippen molar-refractivity contribution in [3.8, 4) is 11.5 Å². The van der Waals surface area contributed by atoms with Crippen molar-refractivity contribution in [1.29, 1.82) is 0 Å². The van der Waals surface area contributed by atoms with Crippen LogP contribution in [0.4, 0.5) is 27.0 Å². The Labute approximate surface area is 249 Å². The van der Waals surface area contributed by atoms with E-state index >= 15 is 0 Å². The first-order valence-corrected chi connectivity index (χ1v) is 15.6. The topological polar surface area (TPSA) is 166 Å². The predicted molar refractivity (Wildman–Crippen MR) is 161 cm³/mol. The number of halogens is 3. The number of anilines is 4. The first-order valence-electron chi connectivity index (χ1n) is 11.7. The van der Waals surface area contributed by atoms with Crippen molar-refractivity contribution >= 4 is 76.8 Å². The zero-order valence-electron chi connectivity index (χ0n) is 22.5. The van der Waals surface area contributed by atoms with E-state index in [1.54, 1.807) is 7.11 Å². The van der Waals surface area contributed by atoms with Crippen molar-refractivity contribution in [2.45, 2.75) is 13.0 Å². The number of nitrogens with zero attached hydrogens (tertiary/aromatic N) is 3. The molecule has 0 spiro atoms. The normalized spacial score (nSPS) is 13.2. The van der Waals surface area contributed by atoms with Crippen molar-refractivity contribution in [3.63, 3.8) is 0 Å². The second-order valence-corrected chi connectivity index (χ2v) is 13.5. The number of benzene rings is 2. The molecule has 2 aromatic carbocycles. The number of hydrogen-bond donors (Lipinski definition) is 3. The largest absolute Gasteiger partial charge is 0.495 e. The zero-order valence-corrected chi connectivity index (χ0v) is 25.8. The first kappa shape index (κ1) is 34.0. The van der Waals surface area contributed by atoms with Crippen molar-refractivity contribution in [3.05, 3.63) is 53.2 Å².